The normalized spacial score (nSPS) is 23.9. The number of amides is 6. The number of hydrogen-bond acceptors (Lipinski definition) is 16. The number of aliphatic carboxylic acids is 1. The summed E-state index contributed by atoms with van der Waals surface area (Å²) in [7, 11) is 4.79. The lowest BCUT2D eigenvalue weighted by Crippen LogP contribution is -2.57. The van der Waals surface area contributed by atoms with Crippen molar-refractivity contribution in [2.24, 2.45) is 23.7 Å². The van der Waals surface area contributed by atoms with Gasteiger partial charge in [-0.2, -0.15) is 0 Å². The largest absolute Gasteiger partial charge is 0.495 e. The minimum absolute atomic E-state index is 0.00566. The molecule has 0 radical (unpaired) electrons. The van der Waals surface area contributed by atoms with E-state index in [1.807, 2.05) is 85.9 Å². The molecule has 4 unspecified atom stereocenters. The number of nitrogens with one attached hydrogen (secondary N) is 2. The average Bonchev–Trinajstić information content (AvgIpc) is 4.01. The van der Waals surface area contributed by atoms with Crippen molar-refractivity contribution < 1.29 is 72.4 Å². The molecular weight excluding hydrogens is 1050 g/mol. The Kier molecular flexibility index (Phi) is 29.7. The predicted octanol–water partition coefficient (Wildman–Crippen LogP) is 8.30. The molecule has 3 aliphatic heterocycles. The Bertz CT molecular complexity index is 2230. The Morgan fingerprint density at radius 2 is 1.72 bits per heavy atom. The number of hydrogen-bond donors (Lipinski definition) is 4. The first-order valence-corrected chi connectivity index (χ1v) is 28.4. The van der Waals surface area contributed by atoms with Gasteiger partial charge in [0.25, 0.3) is 12.3 Å². The molecule has 0 aromatic heterocycles. The number of allylic oxidation sites excluding steroid dienone is 3. The number of imide groups is 2. The van der Waals surface area contributed by atoms with Crippen molar-refractivity contribution >= 4 is 83.4 Å². The molecule has 3 saturated heterocycles. The Morgan fingerprint density at radius 3 is 2.29 bits per heavy atom. The van der Waals surface area contributed by atoms with Gasteiger partial charge in [0.2, 0.25) is 17.7 Å². The first kappa shape index (κ1) is 68.6. The van der Waals surface area contributed by atoms with E-state index in [4.69, 9.17) is 35.8 Å². The van der Waals surface area contributed by atoms with Gasteiger partial charge in [0.1, 0.15) is 35.4 Å². The molecular formula is C56H86ClN5O15S. The van der Waals surface area contributed by atoms with Gasteiger partial charge in [-0.3, -0.25) is 39.0 Å². The van der Waals surface area contributed by atoms with E-state index in [0.717, 1.165) is 28.0 Å². The van der Waals surface area contributed by atoms with E-state index in [1.54, 1.807) is 7.11 Å². The number of likely N-dealkylation sites (tertiary alicyclic amines) is 1. The number of cyclic esters (lactones) is 1. The van der Waals surface area contributed by atoms with E-state index in [-0.39, 0.29) is 92.2 Å². The highest BCUT2D eigenvalue weighted by Gasteiger charge is 2.57. The number of methoxy groups -OCH3 is 1. The molecule has 3 heterocycles. The van der Waals surface area contributed by atoms with Crippen LogP contribution in [-0.2, 0) is 59.1 Å². The fourth-order valence-electron chi connectivity index (χ4n) is 9.16. The number of carbonyl (C=O) groups is 9. The number of nitrogens with zero attached hydrogens (tertiary/aromatic N) is 3. The van der Waals surface area contributed by atoms with Crippen LogP contribution in [0.3, 0.4) is 0 Å². The number of carboxylic acid groups (broad SMARTS) is 1. The first-order chi connectivity index (χ1) is 36.9. The van der Waals surface area contributed by atoms with Crippen LogP contribution in [0.1, 0.15) is 145 Å². The third kappa shape index (κ3) is 22.0. The molecule has 4 aliphatic rings. The number of halogens is 1. The Labute approximate surface area is 470 Å². The number of aliphatic hydroxyl groups is 1. The standard InChI is InChI=1S/C27H37ClN2O6.C24H35N3O9S.C3H8.C2H6/c1-17(13-19-14-20(29-4)23(28)21(15-19)34-5)9-6-7-11-27(33)16-22(35-25(32)30-27)18(2)24-26(3,36-24)10-8-12-31;1-15(2)10-21(31)27(14-28)36-24(35)17-6-4-16(5-7-17)12-26-20(30)11-18(23(26)34)37-9-8-19(29)25(3)13-22(32)33;1-3-2;1-2/h6-7,9,12,14-15,18,22,24,29,33H,8,10-11,13,16H2,1-5H3,(H,30,32);14-18H,4-13H2,1-3H3,(H,32,33);3H2,1-2H3;1-2H3/b7-6+,17-9+;;;/t18-,22?,24?,26?,27-;;;/m1.../s1. The molecule has 1 aliphatic carbocycles. The van der Waals surface area contributed by atoms with E-state index in [2.05, 4.69) is 24.5 Å². The summed E-state index contributed by atoms with van der Waals surface area (Å²) in [6.45, 7) is 17.7. The van der Waals surface area contributed by atoms with Crippen molar-refractivity contribution in [2.75, 3.05) is 45.4 Å². The van der Waals surface area contributed by atoms with Crippen LogP contribution in [0.25, 0.3) is 0 Å². The van der Waals surface area contributed by atoms with Crippen molar-refractivity contribution in [3.8, 4) is 5.75 Å². The lowest BCUT2D eigenvalue weighted by molar-refractivity contribution is -0.201. The molecule has 6 atom stereocenters. The van der Waals surface area contributed by atoms with Crippen molar-refractivity contribution in [1.82, 2.24) is 20.2 Å². The van der Waals surface area contributed by atoms with Crippen molar-refractivity contribution in [2.45, 2.75) is 175 Å². The molecule has 0 spiro atoms. The van der Waals surface area contributed by atoms with Gasteiger partial charge in [0.05, 0.1) is 35.7 Å². The topological polar surface area (TPSA) is 268 Å². The maximum absolute atomic E-state index is 12.8. The van der Waals surface area contributed by atoms with Crippen LogP contribution in [-0.4, -0.2) is 148 Å². The zero-order valence-corrected chi connectivity index (χ0v) is 49.3. The predicted molar refractivity (Wildman–Crippen MR) is 298 cm³/mol. The maximum atomic E-state index is 12.8. The number of anilines is 1. The maximum Gasteiger partial charge on any atom is 0.409 e. The number of carbonyl (C=O) groups excluding carboxylic acids is 8. The summed E-state index contributed by atoms with van der Waals surface area (Å²) in [5.74, 6) is -2.90. The third-order valence-corrected chi connectivity index (χ3v) is 14.9. The number of benzene rings is 1. The Balaban J connectivity index is 0.000000493. The van der Waals surface area contributed by atoms with Gasteiger partial charge in [-0.25, -0.2) is 9.59 Å². The number of rotatable bonds is 24. The second kappa shape index (κ2) is 33.8. The van der Waals surface area contributed by atoms with Crippen molar-refractivity contribution in [3.63, 3.8) is 0 Å². The van der Waals surface area contributed by atoms with Crippen LogP contribution >= 0.6 is 23.4 Å². The van der Waals surface area contributed by atoms with E-state index in [9.17, 15) is 48.3 Å². The van der Waals surface area contributed by atoms with Crippen LogP contribution in [0.2, 0.25) is 5.02 Å². The molecule has 1 aromatic rings. The number of alkyl carbamates (subject to hydrolysis) is 1. The molecule has 438 valence electrons. The van der Waals surface area contributed by atoms with Crippen LogP contribution in [0, 0.1) is 23.7 Å². The zero-order chi connectivity index (χ0) is 58.9. The summed E-state index contributed by atoms with van der Waals surface area (Å²) < 4.78 is 16.7. The van der Waals surface area contributed by atoms with Gasteiger partial charge >= 0.3 is 18.0 Å². The molecule has 22 heteroatoms. The number of ether oxygens (including phenoxy) is 3. The minimum Gasteiger partial charge on any atom is -0.495 e. The molecule has 6 amide bonds. The number of carboxylic acids is 1. The fraction of sp³-hybridized carbons (Fsp3) is 0.661. The second-order valence-electron chi connectivity index (χ2n) is 20.5. The van der Waals surface area contributed by atoms with Crippen molar-refractivity contribution in [3.05, 3.63) is 46.5 Å². The minimum atomic E-state index is -1.41. The summed E-state index contributed by atoms with van der Waals surface area (Å²) in [5.41, 5.74) is 1.16. The highest BCUT2D eigenvalue weighted by molar-refractivity contribution is 8.00. The van der Waals surface area contributed by atoms with Gasteiger partial charge in [0.15, 0.2) is 0 Å². The van der Waals surface area contributed by atoms with Gasteiger partial charge in [0, 0.05) is 70.8 Å². The SMILES string of the molecule is CC.CC(C)CC(=O)N(C=O)OC(=O)C1CCC(CN2C(=O)CC(SCCC(=O)N(C)CC(=O)O)C2=O)CC1.CCC.CNc1cc(C/C(C)=C/C=C/C[C@@]2(O)CC([C@@H](C)C3OC3(C)CCC=O)OC(=O)N2)cc(OC)c1Cl. The number of epoxide rings is 1. The monoisotopic (exact) mass is 1140 g/mol. The number of likely N-dealkylation sites (N-methyl/N-ethyl adjacent to an activating group) is 1. The quantitative estimate of drug-likeness (QED) is 0.0249. The summed E-state index contributed by atoms with van der Waals surface area (Å²) in [4.78, 5) is 114. The lowest BCUT2D eigenvalue weighted by Gasteiger charge is -2.38. The molecule has 4 N–H and O–H groups in total. The van der Waals surface area contributed by atoms with E-state index >= 15 is 0 Å². The molecule has 78 heavy (non-hydrogen) atoms. The number of aldehydes is 1. The average molecular weight is 1140 g/mol. The van der Waals surface area contributed by atoms with Crippen molar-refractivity contribution in [1.29, 1.82) is 0 Å². The van der Waals surface area contributed by atoms with E-state index in [0.29, 0.717) is 66.5 Å². The molecule has 4 fully saturated rings. The smallest absolute Gasteiger partial charge is 0.409 e. The van der Waals surface area contributed by atoms with E-state index in [1.165, 1.54) is 30.1 Å². The second-order valence-corrected chi connectivity index (χ2v) is 22.2. The number of hydroxylamine groups is 2. The van der Waals surface area contributed by atoms with Crippen LogP contribution in [0.4, 0.5) is 10.5 Å². The molecule has 1 saturated carbocycles. The fourth-order valence-corrected chi connectivity index (χ4v) is 10.5. The van der Waals surface area contributed by atoms with Crippen LogP contribution in [0.15, 0.2) is 35.9 Å². The summed E-state index contributed by atoms with van der Waals surface area (Å²) in [6.07, 6.45) is 11.3. The van der Waals surface area contributed by atoms with Crippen LogP contribution < -0.4 is 15.4 Å². The Hall–Kier alpha value is -5.51. The van der Waals surface area contributed by atoms with Crippen LogP contribution in [0.5, 0.6) is 5.75 Å². The zero-order valence-electron chi connectivity index (χ0n) is 47.7. The summed E-state index contributed by atoms with van der Waals surface area (Å²) in [5, 5.41) is 25.9. The Morgan fingerprint density at radius 1 is 1.06 bits per heavy atom. The van der Waals surface area contributed by atoms with Gasteiger partial charge in [-0.15, -0.1) is 16.8 Å². The number of thioether (sulfide) groups is 1. The molecule has 0 bridgehead atoms. The lowest BCUT2D eigenvalue weighted by atomic mass is 9.82. The highest BCUT2D eigenvalue weighted by Crippen LogP contribution is 2.47. The van der Waals surface area contributed by atoms with Gasteiger partial charge in [-0.1, -0.05) is 90.3 Å². The summed E-state index contributed by atoms with van der Waals surface area (Å²) >= 11 is 7.52. The molecule has 1 aromatic carbocycles. The first-order valence-electron chi connectivity index (χ1n) is 27.0. The van der Waals surface area contributed by atoms with E-state index < -0.39 is 53.5 Å². The summed E-state index contributed by atoms with van der Waals surface area (Å²) in [6, 6.07) is 3.90. The highest BCUT2D eigenvalue weighted by atomic mass is 35.5. The molecule has 20 nitrogen and oxygen atoms in total. The molecule has 5 rings (SSSR count). The van der Waals surface area contributed by atoms with Gasteiger partial charge in [-0.05, 0) is 81.9 Å². The third-order valence-electron chi connectivity index (χ3n) is 13.3. The van der Waals surface area contributed by atoms with Gasteiger partial charge < -0.3 is 44.3 Å².